The third-order valence-corrected chi connectivity index (χ3v) is 2.83. The lowest BCUT2D eigenvalue weighted by Crippen LogP contribution is -2.40. The molecule has 0 atom stereocenters. The third kappa shape index (κ3) is 2.33. The molecule has 0 bridgehead atoms. The fraction of sp³-hybridized carbons (Fsp3) is 0.700. The van der Waals surface area contributed by atoms with Crippen LogP contribution in [0, 0.1) is 0 Å². The van der Waals surface area contributed by atoms with Crippen molar-refractivity contribution < 1.29 is 4.52 Å². The van der Waals surface area contributed by atoms with Gasteiger partial charge in [0.1, 0.15) is 0 Å². The second-order valence-corrected chi connectivity index (χ2v) is 3.88. The Kier molecular flexibility index (Phi) is 3.16. The molecule has 14 heavy (non-hydrogen) atoms. The quantitative estimate of drug-likeness (QED) is 0.776. The van der Waals surface area contributed by atoms with Crippen LogP contribution in [0.4, 0.5) is 0 Å². The molecule has 1 aliphatic rings. The van der Waals surface area contributed by atoms with Crippen molar-refractivity contribution in [2.45, 2.75) is 25.4 Å². The predicted molar refractivity (Wildman–Crippen MR) is 53.9 cm³/mol. The van der Waals surface area contributed by atoms with Crippen LogP contribution < -0.4 is 5.32 Å². The number of aromatic nitrogens is 1. The minimum Gasteiger partial charge on any atom is -0.360 e. The highest BCUT2D eigenvalue weighted by Crippen LogP contribution is 2.12. The van der Waals surface area contributed by atoms with Crippen LogP contribution in [-0.2, 0) is 6.54 Å². The van der Waals surface area contributed by atoms with Crippen molar-refractivity contribution in [3.63, 3.8) is 0 Å². The van der Waals surface area contributed by atoms with Gasteiger partial charge < -0.3 is 9.84 Å². The molecular weight excluding hydrogens is 178 g/mol. The van der Waals surface area contributed by atoms with E-state index in [4.69, 9.17) is 4.52 Å². The Morgan fingerprint density at radius 3 is 3.00 bits per heavy atom. The average molecular weight is 195 g/mol. The maximum absolute atomic E-state index is 5.09. The molecule has 2 heterocycles. The lowest BCUT2D eigenvalue weighted by molar-refractivity contribution is 0.174. The maximum Gasteiger partial charge on any atom is 0.150 e. The van der Waals surface area contributed by atoms with Crippen LogP contribution >= 0.6 is 0 Å². The summed E-state index contributed by atoms with van der Waals surface area (Å²) in [5, 5.41) is 7.07. The van der Waals surface area contributed by atoms with Gasteiger partial charge in [0, 0.05) is 12.1 Å². The SMILES string of the molecule is CN(Cc1ccno1)C1CCNCC1. The predicted octanol–water partition coefficient (Wildman–Crippen LogP) is 0.858. The molecule has 1 saturated heterocycles. The molecule has 1 fully saturated rings. The van der Waals surface area contributed by atoms with Crippen LogP contribution in [0.1, 0.15) is 18.6 Å². The van der Waals surface area contributed by atoms with Crippen molar-refractivity contribution in [3.8, 4) is 0 Å². The van der Waals surface area contributed by atoms with Crippen LogP contribution in [0.15, 0.2) is 16.8 Å². The van der Waals surface area contributed by atoms with E-state index >= 15 is 0 Å². The van der Waals surface area contributed by atoms with Gasteiger partial charge in [0.05, 0.1) is 12.7 Å². The van der Waals surface area contributed by atoms with Crippen molar-refractivity contribution in [1.29, 1.82) is 0 Å². The first-order chi connectivity index (χ1) is 6.86. The summed E-state index contributed by atoms with van der Waals surface area (Å²) in [4.78, 5) is 2.35. The lowest BCUT2D eigenvalue weighted by Gasteiger charge is -2.30. The van der Waals surface area contributed by atoms with Gasteiger partial charge in [-0.05, 0) is 33.0 Å². The van der Waals surface area contributed by atoms with Crippen molar-refractivity contribution in [2.24, 2.45) is 0 Å². The second kappa shape index (κ2) is 4.57. The summed E-state index contributed by atoms with van der Waals surface area (Å²) in [5.74, 6) is 0.950. The van der Waals surface area contributed by atoms with Gasteiger partial charge in [-0.25, -0.2) is 0 Å². The molecule has 0 saturated carbocycles. The van der Waals surface area contributed by atoms with E-state index in [9.17, 15) is 0 Å². The van der Waals surface area contributed by atoms with Crippen molar-refractivity contribution in [1.82, 2.24) is 15.4 Å². The van der Waals surface area contributed by atoms with Crippen LogP contribution in [0.5, 0.6) is 0 Å². The van der Waals surface area contributed by atoms with E-state index in [1.165, 1.54) is 12.8 Å². The average Bonchev–Trinajstić information content (AvgIpc) is 2.72. The van der Waals surface area contributed by atoms with E-state index in [0.29, 0.717) is 6.04 Å². The third-order valence-electron chi connectivity index (χ3n) is 2.83. The fourth-order valence-corrected chi connectivity index (χ4v) is 1.95. The standard InChI is InChI=1S/C10H17N3O/c1-13(8-10-4-7-12-14-10)9-2-5-11-6-3-9/h4,7,9,11H,2-3,5-6,8H2,1H3. The molecule has 0 spiro atoms. The van der Waals surface area contributed by atoms with E-state index in [2.05, 4.69) is 22.4 Å². The molecule has 1 aromatic rings. The van der Waals surface area contributed by atoms with E-state index < -0.39 is 0 Å². The van der Waals surface area contributed by atoms with E-state index in [-0.39, 0.29) is 0 Å². The summed E-state index contributed by atoms with van der Waals surface area (Å²) < 4.78 is 5.09. The largest absolute Gasteiger partial charge is 0.360 e. The normalized spacial score (nSPS) is 19.0. The van der Waals surface area contributed by atoms with E-state index in [1.807, 2.05) is 6.07 Å². The molecule has 0 amide bonds. The number of nitrogens with zero attached hydrogens (tertiary/aromatic N) is 2. The van der Waals surface area contributed by atoms with Crippen LogP contribution in [0.2, 0.25) is 0 Å². The number of hydrogen-bond donors (Lipinski definition) is 1. The van der Waals surface area contributed by atoms with Gasteiger partial charge in [0.25, 0.3) is 0 Å². The topological polar surface area (TPSA) is 41.3 Å². The Balaban J connectivity index is 1.85. The number of nitrogens with one attached hydrogen (secondary N) is 1. The Labute approximate surface area is 84.3 Å². The fourth-order valence-electron chi connectivity index (χ4n) is 1.95. The molecule has 0 aliphatic carbocycles. The van der Waals surface area contributed by atoms with Crippen molar-refractivity contribution in [3.05, 3.63) is 18.0 Å². The first-order valence-electron chi connectivity index (χ1n) is 5.17. The molecule has 2 rings (SSSR count). The zero-order valence-electron chi connectivity index (χ0n) is 8.57. The minimum absolute atomic E-state index is 0.682. The number of hydrogen-bond acceptors (Lipinski definition) is 4. The highest BCUT2D eigenvalue weighted by molar-refractivity contribution is 4.93. The van der Waals surface area contributed by atoms with Crippen molar-refractivity contribution in [2.75, 3.05) is 20.1 Å². The zero-order chi connectivity index (χ0) is 9.80. The molecule has 4 heteroatoms. The van der Waals surface area contributed by atoms with Crippen molar-refractivity contribution >= 4 is 0 Å². The highest BCUT2D eigenvalue weighted by atomic mass is 16.5. The summed E-state index contributed by atoms with van der Waals surface area (Å²) in [5.41, 5.74) is 0. The van der Waals surface area contributed by atoms with Crippen LogP contribution in [0.3, 0.4) is 0 Å². The van der Waals surface area contributed by atoms with Gasteiger partial charge in [-0.15, -0.1) is 0 Å². The summed E-state index contributed by atoms with van der Waals surface area (Å²) in [7, 11) is 2.15. The first-order valence-corrected chi connectivity index (χ1v) is 5.17. The Morgan fingerprint density at radius 2 is 2.36 bits per heavy atom. The Bertz CT molecular complexity index is 254. The molecule has 1 N–H and O–H groups in total. The zero-order valence-corrected chi connectivity index (χ0v) is 8.57. The Morgan fingerprint density at radius 1 is 1.57 bits per heavy atom. The first kappa shape index (κ1) is 9.68. The molecule has 1 aromatic heterocycles. The minimum atomic E-state index is 0.682. The summed E-state index contributed by atoms with van der Waals surface area (Å²) >= 11 is 0. The monoisotopic (exact) mass is 195 g/mol. The van der Waals surface area contributed by atoms with Gasteiger partial charge in [0.2, 0.25) is 0 Å². The maximum atomic E-state index is 5.09. The Hall–Kier alpha value is -0.870. The van der Waals surface area contributed by atoms with E-state index in [0.717, 1.165) is 25.4 Å². The van der Waals surface area contributed by atoms with Gasteiger partial charge in [-0.1, -0.05) is 5.16 Å². The molecular formula is C10H17N3O. The smallest absolute Gasteiger partial charge is 0.150 e. The van der Waals surface area contributed by atoms with Gasteiger partial charge in [-0.2, -0.15) is 0 Å². The summed E-state index contributed by atoms with van der Waals surface area (Å²) in [6.07, 6.45) is 4.15. The van der Waals surface area contributed by atoms with Crippen LogP contribution in [-0.4, -0.2) is 36.2 Å². The summed E-state index contributed by atoms with van der Waals surface area (Å²) in [6, 6.07) is 2.61. The molecule has 78 valence electrons. The van der Waals surface area contributed by atoms with Gasteiger partial charge >= 0.3 is 0 Å². The van der Waals surface area contributed by atoms with Gasteiger partial charge in [0.15, 0.2) is 5.76 Å². The highest BCUT2D eigenvalue weighted by Gasteiger charge is 2.18. The molecule has 0 aromatic carbocycles. The summed E-state index contributed by atoms with van der Waals surface area (Å²) in [6.45, 7) is 3.13. The molecule has 0 radical (unpaired) electrons. The van der Waals surface area contributed by atoms with E-state index in [1.54, 1.807) is 6.20 Å². The number of rotatable bonds is 3. The molecule has 1 aliphatic heterocycles. The second-order valence-electron chi connectivity index (χ2n) is 3.88. The molecule has 0 unspecified atom stereocenters. The number of piperidine rings is 1. The molecule has 4 nitrogen and oxygen atoms in total. The van der Waals surface area contributed by atoms with Crippen LogP contribution in [0.25, 0.3) is 0 Å². The van der Waals surface area contributed by atoms with Gasteiger partial charge in [-0.3, -0.25) is 4.90 Å². The lowest BCUT2D eigenvalue weighted by atomic mass is 10.1.